The highest BCUT2D eigenvalue weighted by Gasteiger charge is 2.34. The number of thiazole rings is 1. The molecule has 1 aromatic heterocycles. The van der Waals surface area contributed by atoms with E-state index in [1.807, 2.05) is 38.1 Å². The van der Waals surface area contributed by atoms with Gasteiger partial charge in [0.15, 0.2) is 22.9 Å². The number of allylic oxidation sites excluding steroid dienone is 1. The van der Waals surface area contributed by atoms with E-state index >= 15 is 0 Å². The first-order valence-corrected chi connectivity index (χ1v) is 15.6. The van der Waals surface area contributed by atoms with Crippen molar-refractivity contribution in [2.24, 2.45) is 4.99 Å². The normalized spacial score (nSPS) is 14.8. The predicted molar refractivity (Wildman–Crippen MR) is 172 cm³/mol. The number of hydrogen-bond acceptors (Lipinski definition) is 9. The molecule has 1 aliphatic heterocycles. The summed E-state index contributed by atoms with van der Waals surface area (Å²) in [5, 5.41) is 9.06. The Morgan fingerprint density at radius 1 is 1.24 bits per heavy atom. The Kier molecular flexibility index (Phi) is 10.1. The molecule has 0 saturated carbocycles. The molecule has 0 saturated heterocycles. The smallest absolute Gasteiger partial charge is 0.338 e. The number of carbonyl (C=O) groups excluding carboxylic acids is 1. The number of methoxy groups -OCH3 is 1. The van der Waals surface area contributed by atoms with Crippen molar-refractivity contribution in [2.45, 2.75) is 39.8 Å². The van der Waals surface area contributed by atoms with Gasteiger partial charge in [-0.05, 0) is 109 Å². The molecule has 2 aromatic carbocycles. The Morgan fingerprint density at radius 2 is 2.00 bits per heavy atom. The largest absolute Gasteiger partial charge is 0.493 e. The van der Waals surface area contributed by atoms with Crippen LogP contribution in [0, 0.1) is 18.5 Å². The monoisotopic (exact) mass is 799 g/mol. The predicted octanol–water partition coefficient (Wildman–Crippen LogP) is 4.71. The van der Waals surface area contributed by atoms with Crippen molar-refractivity contribution in [3.05, 3.63) is 79.6 Å². The van der Waals surface area contributed by atoms with Gasteiger partial charge in [0.25, 0.3) is 5.56 Å². The summed E-state index contributed by atoms with van der Waals surface area (Å²) in [4.78, 5) is 32.4. The summed E-state index contributed by atoms with van der Waals surface area (Å²) >= 11 is 5.56. The van der Waals surface area contributed by atoms with E-state index < -0.39 is 12.0 Å². The lowest BCUT2D eigenvalue weighted by Gasteiger charge is -2.25. The highest BCUT2D eigenvalue weighted by molar-refractivity contribution is 14.1. The van der Waals surface area contributed by atoms with E-state index in [1.54, 1.807) is 39.2 Å². The zero-order valence-corrected chi connectivity index (χ0v) is 28.1. The number of aromatic nitrogens is 1. The van der Waals surface area contributed by atoms with Gasteiger partial charge < -0.3 is 18.9 Å². The molecule has 0 amide bonds. The lowest BCUT2D eigenvalue weighted by Crippen LogP contribution is -2.40. The maximum absolute atomic E-state index is 14.1. The van der Waals surface area contributed by atoms with Crippen LogP contribution in [0.3, 0.4) is 0 Å². The third-order valence-electron chi connectivity index (χ3n) is 5.99. The fraction of sp³-hybridized carbons (Fsp3) is 0.310. The number of nitrogens with zero attached hydrogens (tertiary/aromatic N) is 3. The number of carbonyl (C=O) groups is 1. The van der Waals surface area contributed by atoms with Crippen LogP contribution in [0.4, 0.5) is 0 Å². The van der Waals surface area contributed by atoms with Crippen molar-refractivity contribution < 1.29 is 23.7 Å². The molecule has 12 heteroatoms. The van der Waals surface area contributed by atoms with Crippen LogP contribution in [-0.4, -0.2) is 37.0 Å². The van der Waals surface area contributed by atoms with Gasteiger partial charge in [-0.1, -0.05) is 17.4 Å². The molecule has 4 rings (SSSR count). The van der Waals surface area contributed by atoms with Crippen LogP contribution in [0.15, 0.2) is 51.4 Å². The molecule has 0 unspecified atom stereocenters. The van der Waals surface area contributed by atoms with E-state index in [-0.39, 0.29) is 30.5 Å². The van der Waals surface area contributed by atoms with Crippen LogP contribution in [0.2, 0.25) is 0 Å². The summed E-state index contributed by atoms with van der Waals surface area (Å²) in [6.07, 6.45) is 1.66. The number of rotatable bonds is 9. The Hall–Kier alpha value is -2.90. The van der Waals surface area contributed by atoms with Crippen molar-refractivity contribution >= 4 is 68.6 Å². The van der Waals surface area contributed by atoms with Gasteiger partial charge in [0.05, 0.1) is 45.2 Å². The first-order valence-electron chi connectivity index (χ1n) is 12.6. The second-order valence-electron chi connectivity index (χ2n) is 9.13. The third-order valence-corrected chi connectivity index (χ3v) is 8.39. The molecule has 2 heterocycles. The summed E-state index contributed by atoms with van der Waals surface area (Å²) in [6, 6.07) is 10.4. The standard InChI is InChI=1S/C29H27I2N3O6S/c1-6-38-28(36)24-16(4)33-29-34(25(24)17-7-8-21(40-15(2)3)22(12-17)37-5)27(35)23(41-29)13-18-11-19(30)14-20(31)26(18)39-10-9-32/h7-8,11-15,25H,6,10H2,1-5H3/b23-13+/t25-/m1/s1. The van der Waals surface area contributed by atoms with Gasteiger partial charge in [0, 0.05) is 9.13 Å². The van der Waals surface area contributed by atoms with E-state index in [4.69, 9.17) is 24.2 Å². The number of halogens is 2. The molecule has 1 atom stereocenters. The summed E-state index contributed by atoms with van der Waals surface area (Å²) in [7, 11) is 1.54. The second kappa shape index (κ2) is 13.4. The van der Waals surface area contributed by atoms with Crippen molar-refractivity contribution in [2.75, 3.05) is 20.3 Å². The van der Waals surface area contributed by atoms with Gasteiger partial charge in [-0.3, -0.25) is 9.36 Å². The van der Waals surface area contributed by atoms with E-state index in [0.29, 0.717) is 43.4 Å². The Labute approximate surface area is 268 Å². The molecule has 0 N–H and O–H groups in total. The molecule has 3 aromatic rings. The van der Waals surface area contributed by atoms with Crippen molar-refractivity contribution in [1.82, 2.24) is 4.57 Å². The number of ether oxygens (including phenoxy) is 4. The topological polar surface area (TPSA) is 112 Å². The molecule has 0 radical (unpaired) electrons. The quantitative estimate of drug-likeness (QED) is 0.228. The first kappa shape index (κ1) is 31.0. The van der Waals surface area contributed by atoms with Gasteiger partial charge in [0.1, 0.15) is 11.8 Å². The minimum absolute atomic E-state index is 0.0733. The molecular formula is C29H27I2N3O6S. The summed E-state index contributed by atoms with van der Waals surface area (Å²) in [5.41, 5.74) is 1.72. The number of hydrogen-bond donors (Lipinski definition) is 0. The fourth-order valence-corrected chi connectivity index (χ4v) is 7.48. The molecule has 1 aliphatic rings. The summed E-state index contributed by atoms with van der Waals surface area (Å²) < 4.78 is 26.3. The molecule has 0 spiro atoms. The van der Waals surface area contributed by atoms with E-state index in [9.17, 15) is 9.59 Å². The van der Waals surface area contributed by atoms with Crippen molar-refractivity contribution in [1.29, 1.82) is 5.26 Å². The van der Waals surface area contributed by atoms with E-state index in [0.717, 1.165) is 7.14 Å². The molecular weight excluding hydrogens is 772 g/mol. The van der Waals surface area contributed by atoms with Crippen molar-refractivity contribution in [3.63, 3.8) is 0 Å². The number of nitriles is 1. The maximum atomic E-state index is 14.1. The fourth-order valence-electron chi connectivity index (χ4n) is 4.40. The second-order valence-corrected chi connectivity index (χ2v) is 12.5. The van der Waals surface area contributed by atoms with Crippen LogP contribution in [0.1, 0.15) is 44.9 Å². The van der Waals surface area contributed by atoms with Crippen LogP contribution in [-0.2, 0) is 9.53 Å². The van der Waals surface area contributed by atoms with Crippen LogP contribution in [0.25, 0.3) is 6.08 Å². The minimum Gasteiger partial charge on any atom is -0.493 e. The maximum Gasteiger partial charge on any atom is 0.338 e. The number of fused-ring (bicyclic) bond motifs is 1. The lowest BCUT2D eigenvalue weighted by atomic mass is 9.95. The molecule has 0 fully saturated rings. The highest BCUT2D eigenvalue weighted by Crippen LogP contribution is 2.36. The number of benzene rings is 2. The first-order chi connectivity index (χ1) is 19.6. The molecule has 0 bridgehead atoms. The average molecular weight is 799 g/mol. The zero-order valence-electron chi connectivity index (χ0n) is 23.0. The summed E-state index contributed by atoms with van der Waals surface area (Å²) in [5.74, 6) is 0.997. The Morgan fingerprint density at radius 3 is 2.66 bits per heavy atom. The van der Waals surface area contributed by atoms with E-state index in [1.165, 1.54) is 15.9 Å². The van der Waals surface area contributed by atoms with Gasteiger partial charge in [-0.25, -0.2) is 9.79 Å². The van der Waals surface area contributed by atoms with Crippen LogP contribution < -0.4 is 29.1 Å². The molecule has 9 nitrogen and oxygen atoms in total. The Balaban J connectivity index is 1.97. The van der Waals surface area contributed by atoms with Gasteiger partial charge in [0.2, 0.25) is 0 Å². The minimum atomic E-state index is -0.806. The Bertz CT molecular complexity index is 1750. The van der Waals surface area contributed by atoms with Crippen LogP contribution in [0.5, 0.6) is 17.2 Å². The van der Waals surface area contributed by atoms with Gasteiger partial charge in [-0.2, -0.15) is 5.26 Å². The van der Waals surface area contributed by atoms with Crippen molar-refractivity contribution in [3.8, 4) is 23.3 Å². The molecule has 0 aliphatic carbocycles. The number of esters is 1. The average Bonchev–Trinajstić information content (AvgIpc) is 3.21. The molecule has 214 valence electrons. The van der Waals surface area contributed by atoms with Gasteiger partial charge >= 0.3 is 5.97 Å². The zero-order chi connectivity index (χ0) is 29.8. The molecule has 41 heavy (non-hydrogen) atoms. The highest BCUT2D eigenvalue weighted by atomic mass is 127. The van der Waals surface area contributed by atoms with Gasteiger partial charge in [-0.15, -0.1) is 0 Å². The lowest BCUT2D eigenvalue weighted by molar-refractivity contribution is -0.139. The third kappa shape index (κ3) is 6.62. The van der Waals surface area contributed by atoms with E-state index in [2.05, 4.69) is 50.2 Å². The summed E-state index contributed by atoms with van der Waals surface area (Å²) in [6.45, 7) is 7.35. The SMILES string of the molecule is CCOC(=O)C1=C(C)N=c2s/c(=C/c3cc(I)cc(I)c3OCC#N)c(=O)n2[C@@H]1c1ccc(OC(C)C)c(OC)c1. The van der Waals surface area contributed by atoms with Crippen LogP contribution >= 0.6 is 56.5 Å².